The highest BCUT2D eigenvalue weighted by atomic mass is 19.1. The van der Waals surface area contributed by atoms with Gasteiger partial charge in [-0.25, -0.2) is 0 Å². The molecule has 0 spiro atoms. The molecule has 0 bridgehead atoms. The highest BCUT2D eigenvalue weighted by Gasteiger charge is 2.32. The van der Waals surface area contributed by atoms with Gasteiger partial charge in [-0.15, -0.1) is 0 Å². The molecule has 1 heterocycles. The zero-order valence-corrected chi connectivity index (χ0v) is 8.41. The van der Waals surface area contributed by atoms with Crippen molar-refractivity contribution in [2.24, 2.45) is 0 Å². The van der Waals surface area contributed by atoms with Crippen LogP contribution in [-0.2, 0) is 6.42 Å². The van der Waals surface area contributed by atoms with Crippen LogP contribution in [0.2, 0.25) is 0 Å². The summed E-state index contributed by atoms with van der Waals surface area (Å²) < 4.78 is 18.7. The molecule has 1 aromatic rings. The van der Waals surface area contributed by atoms with Crippen LogP contribution in [0.1, 0.15) is 19.4 Å². The molecule has 15 heavy (non-hydrogen) atoms. The van der Waals surface area contributed by atoms with Crippen molar-refractivity contribution in [1.82, 2.24) is 0 Å². The van der Waals surface area contributed by atoms with Crippen LogP contribution in [0, 0.1) is 15.9 Å². The molecule has 1 aromatic carbocycles. The van der Waals surface area contributed by atoms with E-state index in [1.165, 1.54) is 6.07 Å². The fraction of sp³-hybridized carbons (Fsp3) is 0.400. The molecule has 0 N–H and O–H groups in total. The van der Waals surface area contributed by atoms with Crippen LogP contribution in [0.4, 0.5) is 10.1 Å². The Kier molecular flexibility index (Phi) is 1.92. The van der Waals surface area contributed by atoms with Gasteiger partial charge < -0.3 is 4.74 Å². The Balaban J connectivity index is 2.50. The van der Waals surface area contributed by atoms with E-state index < -0.39 is 22.0 Å². The molecule has 0 saturated heterocycles. The third-order valence-corrected chi connectivity index (χ3v) is 2.33. The van der Waals surface area contributed by atoms with Gasteiger partial charge in [-0.2, -0.15) is 4.39 Å². The Morgan fingerprint density at radius 1 is 1.53 bits per heavy atom. The van der Waals surface area contributed by atoms with E-state index >= 15 is 0 Å². The first-order valence-corrected chi connectivity index (χ1v) is 4.55. The van der Waals surface area contributed by atoms with Gasteiger partial charge >= 0.3 is 5.69 Å². The number of ether oxygens (including phenoxy) is 1. The normalized spacial score (nSPS) is 17.0. The lowest BCUT2D eigenvalue weighted by Gasteiger charge is -2.16. The first kappa shape index (κ1) is 9.89. The van der Waals surface area contributed by atoms with Crippen molar-refractivity contribution in [1.29, 1.82) is 0 Å². The predicted molar refractivity (Wildman–Crippen MR) is 51.5 cm³/mol. The fourth-order valence-electron chi connectivity index (χ4n) is 1.75. The van der Waals surface area contributed by atoms with Crippen LogP contribution in [-0.4, -0.2) is 10.5 Å². The van der Waals surface area contributed by atoms with Crippen LogP contribution >= 0.6 is 0 Å². The van der Waals surface area contributed by atoms with Gasteiger partial charge in [0, 0.05) is 24.1 Å². The van der Waals surface area contributed by atoms with Crippen LogP contribution in [0.15, 0.2) is 12.1 Å². The Hall–Kier alpha value is -1.65. The zero-order chi connectivity index (χ0) is 11.2. The van der Waals surface area contributed by atoms with E-state index in [1.54, 1.807) is 0 Å². The molecular weight excluding hydrogens is 201 g/mol. The molecule has 0 saturated carbocycles. The highest BCUT2D eigenvalue weighted by molar-refractivity contribution is 5.48. The second-order valence-electron chi connectivity index (χ2n) is 4.21. The number of halogens is 1. The maximum atomic E-state index is 13.2. The summed E-state index contributed by atoms with van der Waals surface area (Å²) in [5, 5.41) is 10.5. The lowest BCUT2D eigenvalue weighted by Crippen LogP contribution is -2.24. The van der Waals surface area contributed by atoms with Gasteiger partial charge in [-0.3, -0.25) is 10.1 Å². The number of benzene rings is 1. The van der Waals surface area contributed by atoms with Crippen LogP contribution in [0.5, 0.6) is 5.75 Å². The van der Waals surface area contributed by atoms with Gasteiger partial charge in [0.05, 0.1) is 4.92 Å². The smallest absolute Gasteiger partial charge is 0.305 e. The van der Waals surface area contributed by atoms with E-state index in [9.17, 15) is 14.5 Å². The molecule has 1 aliphatic rings. The first-order chi connectivity index (χ1) is 6.89. The van der Waals surface area contributed by atoms with Gasteiger partial charge in [0.2, 0.25) is 5.82 Å². The van der Waals surface area contributed by atoms with Gasteiger partial charge in [0.25, 0.3) is 0 Å². The maximum Gasteiger partial charge on any atom is 0.305 e. The van der Waals surface area contributed by atoms with Crippen LogP contribution in [0.3, 0.4) is 0 Å². The molecule has 0 unspecified atom stereocenters. The van der Waals surface area contributed by atoms with Gasteiger partial charge in [0.1, 0.15) is 11.4 Å². The van der Waals surface area contributed by atoms with Crippen LogP contribution < -0.4 is 4.74 Å². The van der Waals surface area contributed by atoms with E-state index in [1.807, 2.05) is 13.8 Å². The second kappa shape index (κ2) is 2.92. The van der Waals surface area contributed by atoms with E-state index in [0.717, 1.165) is 6.07 Å². The Labute approximate surface area is 85.8 Å². The standard InChI is InChI=1S/C10H10FNO3/c1-10(2)5-6-3-8(12(13)14)7(11)4-9(6)15-10/h3-4H,5H2,1-2H3. The molecule has 1 aliphatic heterocycles. The second-order valence-corrected chi connectivity index (χ2v) is 4.21. The van der Waals surface area contributed by atoms with E-state index in [-0.39, 0.29) is 0 Å². The van der Waals surface area contributed by atoms with Crippen LogP contribution in [0.25, 0.3) is 0 Å². The molecule has 0 radical (unpaired) electrons. The molecule has 0 amide bonds. The number of hydrogen-bond donors (Lipinski definition) is 0. The molecule has 0 aromatic heterocycles. The van der Waals surface area contributed by atoms with Gasteiger partial charge in [-0.05, 0) is 13.8 Å². The predicted octanol–water partition coefficient (Wildman–Crippen LogP) is 2.45. The summed E-state index contributed by atoms with van der Waals surface area (Å²) in [6.45, 7) is 3.72. The number of hydrogen-bond acceptors (Lipinski definition) is 3. The monoisotopic (exact) mass is 211 g/mol. The summed E-state index contributed by atoms with van der Waals surface area (Å²) >= 11 is 0. The third-order valence-electron chi connectivity index (χ3n) is 2.33. The Morgan fingerprint density at radius 2 is 2.20 bits per heavy atom. The van der Waals surface area contributed by atoms with Gasteiger partial charge in [-0.1, -0.05) is 0 Å². The molecule has 80 valence electrons. The minimum Gasteiger partial charge on any atom is -0.487 e. The average Bonchev–Trinajstić information content (AvgIpc) is 2.36. The summed E-state index contributed by atoms with van der Waals surface area (Å²) in [5.41, 5.74) is -0.215. The average molecular weight is 211 g/mol. The Morgan fingerprint density at radius 3 is 2.80 bits per heavy atom. The maximum absolute atomic E-state index is 13.2. The summed E-state index contributed by atoms with van der Waals surface area (Å²) in [6.07, 6.45) is 0.559. The molecule has 0 aliphatic carbocycles. The molecule has 5 heteroatoms. The number of nitro groups is 1. The quantitative estimate of drug-likeness (QED) is 0.529. The summed E-state index contributed by atoms with van der Waals surface area (Å²) in [4.78, 5) is 9.79. The zero-order valence-electron chi connectivity index (χ0n) is 8.41. The summed E-state index contributed by atoms with van der Waals surface area (Å²) in [7, 11) is 0. The van der Waals surface area contributed by atoms with Gasteiger partial charge in [0.15, 0.2) is 0 Å². The van der Waals surface area contributed by atoms with Crippen molar-refractivity contribution >= 4 is 5.69 Å². The lowest BCUT2D eigenvalue weighted by atomic mass is 10.0. The number of fused-ring (bicyclic) bond motifs is 1. The largest absolute Gasteiger partial charge is 0.487 e. The third kappa shape index (κ3) is 1.65. The minimum atomic E-state index is -0.851. The Bertz CT molecular complexity index is 443. The molecule has 0 atom stereocenters. The lowest BCUT2D eigenvalue weighted by molar-refractivity contribution is -0.387. The van der Waals surface area contributed by atoms with Crippen molar-refractivity contribution in [3.63, 3.8) is 0 Å². The molecule has 4 nitrogen and oxygen atoms in total. The van der Waals surface area contributed by atoms with E-state index in [2.05, 4.69) is 0 Å². The van der Waals surface area contributed by atoms with Crippen molar-refractivity contribution in [2.75, 3.05) is 0 Å². The number of nitrogens with zero attached hydrogens (tertiary/aromatic N) is 1. The number of rotatable bonds is 1. The van der Waals surface area contributed by atoms with E-state index in [4.69, 9.17) is 4.74 Å². The minimum absolute atomic E-state index is 0.406. The molecule has 2 rings (SSSR count). The van der Waals surface area contributed by atoms with Crippen molar-refractivity contribution < 1.29 is 14.1 Å². The van der Waals surface area contributed by atoms with Crippen molar-refractivity contribution in [3.8, 4) is 5.75 Å². The summed E-state index contributed by atoms with van der Waals surface area (Å²) in [5.74, 6) is -0.445. The SMILES string of the molecule is CC1(C)Cc2cc([N+](=O)[O-])c(F)cc2O1. The van der Waals surface area contributed by atoms with Crippen molar-refractivity contribution in [2.45, 2.75) is 25.9 Å². The fourth-order valence-corrected chi connectivity index (χ4v) is 1.75. The van der Waals surface area contributed by atoms with Crippen molar-refractivity contribution in [3.05, 3.63) is 33.6 Å². The molecular formula is C10H10FNO3. The molecule has 0 fully saturated rings. The number of nitro benzene ring substituents is 1. The first-order valence-electron chi connectivity index (χ1n) is 4.55. The highest BCUT2D eigenvalue weighted by Crippen LogP contribution is 2.38. The summed E-state index contributed by atoms with van der Waals surface area (Å²) in [6, 6.07) is 2.33. The topological polar surface area (TPSA) is 52.4 Å². The van der Waals surface area contributed by atoms with E-state index in [0.29, 0.717) is 17.7 Å².